The van der Waals surface area contributed by atoms with Crippen LogP contribution >= 0.6 is 0 Å². The van der Waals surface area contributed by atoms with Crippen molar-refractivity contribution in [2.24, 2.45) is 0 Å². The van der Waals surface area contributed by atoms with E-state index in [0.717, 1.165) is 0 Å². The molecule has 0 aliphatic rings. The van der Waals surface area contributed by atoms with Crippen LogP contribution in [-0.4, -0.2) is 31.9 Å². The Kier molecular flexibility index (Phi) is 3.41. The van der Waals surface area contributed by atoms with Crippen LogP contribution in [0.5, 0.6) is 0 Å². The summed E-state index contributed by atoms with van der Waals surface area (Å²) in [6.45, 7) is 3.65. The first-order valence-electron chi connectivity index (χ1n) is 4.51. The molecule has 0 radical (unpaired) electrons. The minimum absolute atomic E-state index is 0.0156. The number of carbonyl (C=O) groups is 1. The molecule has 6 heteroatoms. The van der Waals surface area contributed by atoms with Crippen molar-refractivity contribution in [2.45, 2.75) is 32.2 Å². The van der Waals surface area contributed by atoms with Gasteiger partial charge in [-0.05, 0) is 13.8 Å². The Bertz CT molecular complexity index is 351. The highest BCUT2D eigenvalue weighted by Crippen LogP contribution is 2.21. The van der Waals surface area contributed by atoms with Gasteiger partial charge >= 0.3 is 5.97 Å². The van der Waals surface area contributed by atoms with E-state index in [1.54, 1.807) is 0 Å². The van der Waals surface area contributed by atoms with E-state index in [1.807, 2.05) is 13.8 Å². The Morgan fingerprint density at radius 2 is 2.20 bits per heavy atom. The number of aliphatic hydroxyl groups is 1. The van der Waals surface area contributed by atoms with E-state index < -0.39 is 18.2 Å². The van der Waals surface area contributed by atoms with E-state index in [0.29, 0.717) is 0 Å². The lowest BCUT2D eigenvalue weighted by Gasteiger charge is -2.17. The van der Waals surface area contributed by atoms with Crippen LogP contribution in [0, 0.1) is 0 Å². The van der Waals surface area contributed by atoms with Gasteiger partial charge in [0.2, 0.25) is 6.17 Å². The van der Waals surface area contributed by atoms with Crippen LogP contribution in [-0.2, 0) is 4.79 Å². The van der Waals surface area contributed by atoms with Crippen molar-refractivity contribution in [1.82, 2.24) is 9.55 Å². The van der Waals surface area contributed by atoms with Gasteiger partial charge < -0.3 is 14.8 Å². The fourth-order valence-electron chi connectivity index (χ4n) is 1.26. The summed E-state index contributed by atoms with van der Waals surface area (Å²) in [5, 5.41) is 17.9. The van der Waals surface area contributed by atoms with Crippen LogP contribution in [0.2, 0.25) is 0 Å². The van der Waals surface area contributed by atoms with Crippen molar-refractivity contribution in [3.8, 4) is 0 Å². The van der Waals surface area contributed by atoms with Crippen molar-refractivity contribution in [1.29, 1.82) is 0 Å². The monoisotopic (exact) mass is 216 g/mol. The highest BCUT2D eigenvalue weighted by Gasteiger charge is 2.30. The van der Waals surface area contributed by atoms with Crippen molar-refractivity contribution < 1.29 is 19.4 Å². The van der Waals surface area contributed by atoms with E-state index in [1.165, 1.54) is 17.1 Å². The lowest BCUT2D eigenvalue weighted by Crippen LogP contribution is -2.25. The number of carboxylic acids is 1. The number of carboxylic acid groups (broad SMARTS) is 1. The summed E-state index contributed by atoms with van der Waals surface area (Å²) in [6, 6.07) is -0.0156. The first kappa shape index (κ1) is 11.6. The number of aliphatic carboxylic acids is 1. The normalized spacial score (nSPS) is 15.3. The second-order valence-electron chi connectivity index (χ2n) is 3.50. The van der Waals surface area contributed by atoms with Gasteiger partial charge in [0.15, 0.2) is 0 Å². The summed E-state index contributed by atoms with van der Waals surface area (Å²) in [4.78, 5) is 14.1. The maximum atomic E-state index is 13.0. The van der Waals surface area contributed by atoms with Crippen LogP contribution < -0.4 is 0 Å². The van der Waals surface area contributed by atoms with E-state index in [9.17, 15) is 14.3 Å². The number of hydrogen-bond acceptors (Lipinski definition) is 3. The van der Waals surface area contributed by atoms with Gasteiger partial charge in [0.25, 0.3) is 0 Å². The quantitative estimate of drug-likeness (QED) is 0.784. The van der Waals surface area contributed by atoms with Gasteiger partial charge in [-0.15, -0.1) is 0 Å². The van der Waals surface area contributed by atoms with Crippen LogP contribution in [0.15, 0.2) is 12.5 Å². The molecule has 0 fully saturated rings. The maximum absolute atomic E-state index is 13.0. The number of nitrogens with zero attached hydrogens (tertiary/aromatic N) is 2. The summed E-state index contributed by atoms with van der Waals surface area (Å²) in [7, 11) is 0. The zero-order valence-corrected chi connectivity index (χ0v) is 8.46. The van der Waals surface area contributed by atoms with Gasteiger partial charge in [-0.3, -0.25) is 0 Å². The van der Waals surface area contributed by atoms with E-state index in [-0.39, 0.29) is 11.7 Å². The Balaban J connectivity index is 2.95. The number of alkyl halides is 1. The van der Waals surface area contributed by atoms with Gasteiger partial charge in [-0.1, -0.05) is 0 Å². The third-order valence-electron chi connectivity index (χ3n) is 2.07. The molecule has 0 aliphatic carbocycles. The zero-order valence-electron chi connectivity index (χ0n) is 8.46. The van der Waals surface area contributed by atoms with E-state index in [4.69, 9.17) is 5.11 Å². The molecule has 2 atom stereocenters. The molecule has 84 valence electrons. The molecule has 0 amide bonds. The zero-order chi connectivity index (χ0) is 11.6. The maximum Gasteiger partial charge on any atom is 0.341 e. The molecule has 2 unspecified atom stereocenters. The molecule has 0 bridgehead atoms. The van der Waals surface area contributed by atoms with Crippen molar-refractivity contribution in [2.75, 3.05) is 0 Å². The third kappa shape index (κ3) is 2.33. The minimum Gasteiger partial charge on any atom is -0.479 e. The van der Waals surface area contributed by atoms with Gasteiger partial charge in [-0.25, -0.2) is 14.2 Å². The fraction of sp³-hybridized carbons (Fsp3) is 0.556. The predicted octanol–water partition coefficient (Wildman–Crippen LogP) is 0.920. The van der Waals surface area contributed by atoms with Crippen LogP contribution in [0.3, 0.4) is 0 Å². The van der Waals surface area contributed by atoms with E-state index in [2.05, 4.69) is 4.98 Å². The molecule has 1 aromatic rings. The first-order chi connectivity index (χ1) is 6.95. The molecule has 2 N–H and O–H groups in total. The minimum atomic E-state index is -2.33. The summed E-state index contributed by atoms with van der Waals surface area (Å²) in [5.74, 6) is -1.68. The van der Waals surface area contributed by atoms with Crippen LogP contribution in [0.4, 0.5) is 4.39 Å². The number of halogens is 1. The third-order valence-corrected chi connectivity index (χ3v) is 2.07. The molecule has 0 saturated carbocycles. The van der Waals surface area contributed by atoms with Crippen LogP contribution in [0.1, 0.15) is 31.7 Å². The number of aliphatic hydroxyl groups excluding tert-OH is 1. The van der Waals surface area contributed by atoms with E-state index >= 15 is 0 Å². The van der Waals surface area contributed by atoms with Gasteiger partial charge in [0.05, 0.1) is 18.2 Å². The second kappa shape index (κ2) is 4.39. The highest BCUT2D eigenvalue weighted by atomic mass is 19.1. The molecular weight excluding hydrogens is 203 g/mol. The average molecular weight is 216 g/mol. The lowest BCUT2D eigenvalue weighted by atomic mass is 10.1. The number of imidazole rings is 1. The summed E-state index contributed by atoms with van der Waals surface area (Å²) in [6.07, 6.45) is -1.33. The van der Waals surface area contributed by atoms with Gasteiger partial charge in [0, 0.05) is 6.04 Å². The Hall–Kier alpha value is -1.43. The second-order valence-corrected chi connectivity index (χ2v) is 3.50. The van der Waals surface area contributed by atoms with Crippen molar-refractivity contribution in [3.63, 3.8) is 0 Å². The Labute approximate surface area is 86.2 Å². The number of rotatable bonds is 4. The molecule has 0 spiro atoms. The average Bonchev–Trinajstić information content (AvgIpc) is 2.63. The van der Waals surface area contributed by atoms with Gasteiger partial charge in [0.1, 0.15) is 6.10 Å². The largest absolute Gasteiger partial charge is 0.479 e. The standard InChI is InChI=1S/C9H13FN2O3/c1-5(2)12-4-11-3-6(12)8(13)7(10)9(14)15/h3-5,7-8,13H,1-2H3,(H,14,15). The van der Waals surface area contributed by atoms with Crippen molar-refractivity contribution >= 4 is 5.97 Å². The predicted molar refractivity (Wildman–Crippen MR) is 50.1 cm³/mol. The Morgan fingerprint density at radius 1 is 1.60 bits per heavy atom. The first-order valence-corrected chi connectivity index (χ1v) is 4.51. The topological polar surface area (TPSA) is 75.3 Å². The van der Waals surface area contributed by atoms with Gasteiger partial charge in [-0.2, -0.15) is 0 Å². The molecule has 1 aromatic heterocycles. The molecule has 1 rings (SSSR count). The van der Waals surface area contributed by atoms with Crippen molar-refractivity contribution in [3.05, 3.63) is 18.2 Å². The summed E-state index contributed by atoms with van der Waals surface area (Å²) >= 11 is 0. The fourth-order valence-corrected chi connectivity index (χ4v) is 1.26. The number of aromatic nitrogens is 2. The Morgan fingerprint density at radius 3 is 2.67 bits per heavy atom. The summed E-state index contributed by atoms with van der Waals surface area (Å²) < 4.78 is 14.6. The smallest absolute Gasteiger partial charge is 0.341 e. The molecule has 0 saturated heterocycles. The summed E-state index contributed by atoms with van der Waals surface area (Å²) in [5.41, 5.74) is 0.167. The molecule has 0 aromatic carbocycles. The molecule has 5 nitrogen and oxygen atoms in total. The number of hydrogen-bond donors (Lipinski definition) is 2. The molecular formula is C9H13FN2O3. The molecule has 0 aliphatic heterocycles. The van der Waals surface area contributed by atoms with Crippen LogP contribution in [0.25, 0.3) is 0 Å². The molecule has 15 heavy (non-hydrogen) atoms. The molecule has 1 heterocycles. The SMILES string of the molecule is CC(C)n1cncc1C(O)C(F)C(=O)O. The lowest BCUT2D eigenvalue weighted by molar-refractivity contribution is -0.147. The highest BCUT2D eigenvalue weighted by molar-refractivity contribution is 5.73.